The maximum absolute atomic E-state index is 13.5. The molecule has 0 bridgehead atoms. The van der Waals surface area contributed by atoms with Crippen LogP contribution in [0.25, 0.3) is 11.0 Å². The van der Waals surface area contributed by atoms with Crippen molar-refractivity contribution in [1.29, 1.82) is 0 Å². The van der Waals surface area contributed by atoms with Crippen molar-refractivity contribution >= 4 is 16.9 Å². The number of amides is 1. The number of pyridine rings is 1. The number of fused-ring (bicyclic) bond motifs is 2. The third kappa shape index (κ3) is 4.07. The molecule has 3 N–H and O–H groups in total. The minimum atomic E-state index is -0.318. The number of methoxy groups -OCH3 is 1. The monoisotopic (exact) mass is 423 g/mol. The van der Waals surface area contributed by atoms with Gasteiger partial charge in [0, 0.05) is 37.8 Å². The first-order valence-corrected chi connectivity index (χ1v) is 10.7. The van der Waals surface area contributed by atoms with Crippen LogP contribution in [0.15, 0.2) is 29.1 Å². The van der Waals surface area contributed by atoms with E-state index in [1.165, 1.54) is 13.2 Å². The molecule has 0 fully saturated rings. The first-order valence-electron chi connectivity index (χ1n) is 10.7. The summed E-state index contributed by atoms with van der Waals surface area (Å²) < 4.78 is 7.12. The van der Waals surface area contributed by atoms with Gasteiger partial charge in [0.2, 0.25) is 0 Å². The van der Waals surface area contributed by atoms with Crippen molar-refractivity contribution in [3.63, 3.8) is 0 Å². The summed E-state index contributed by atoms with van der Waals surface area (Å²) >= 11 is 0. The number of ether oxygens (including phenoxy) is 1. The molecule has 0 spiro atoms. The molecule has 1 atom stereocenters. The molecule has 1 aromatic carbocycles. The first-order chi connectivity index (χ1) is 14.9. The number of hydrogen-bond donors (Lipinski definition) is 3. The number of imidazole rings is 1. The Labute approximate surface area is 181 Å². The second-order valence-electron chi connectivity index (χ2n) is 8.36. The van der Waals surface area contributed by atoms with Crippen molar-refractivity contribution in [2.45, 2.75) is 39.8 Å². The average Bonchev–Trinajstić information content (AvgIpc) is 2.98. The average molecular weight is 424 g/mol. The fourth-order valence-electron chi connectivity index (χ4n) is 4.16. The summed E-state index contributed by atoms with van der Waals surface area (Å²) in [5.41, 5.74) is 3.92. The number of aryl methyl sites for hydroxylation is 1. The van der Waals surface area contributed by atoms with Crippen molar-refractivity contribution in [3.8, 4) is 5.75 Å². The number of aromatic amines is 1. The van der Waals surface area contributed by atoms with E-state index in [9.17, 15) is 9.59 Å². The van der Waals surface area contributed by atoms with Gasteiger partial charge in [-0.05, 0) is 30.5 Å². The van der Waals surface area contributed by atoms with Crippen molar-refractivity contribution < 1.29 is 9.53 Å². The van der Waals surface area contributed by atoms with Gasteiger partial charge in [-0.2, -0.15) is 0 Å². The Morgan fingerprint density at radius 3 is 2.81 bits per heavy atom. The highest BCUT2D eigenvalue weighted by Gasteiger charge is 2.28. The van der Waals surface area contributed by atoms with Gasteiger partial charge in [0.05, 0.1) is 24.2 Å². The lowest BCUT2D eigenvalue weighted by atomic mass is 10.0. The van der Waals surface area contributed by atoms with Gasteiger partial charge >= 0.3 is 0 Å². The van der Waals surface area contributed by atoms with Crippen molar-refractivity contribution in [2.75, 3.05) is 20.2 Å². The molecule has 1 aliphatic rings. The number of nitrogens with one attached hydrogen (secondary N) is 3. The van der Waals surface area contributed by atoms with Crippen LogP contribution in [0.4, 0.5) is 0 Å². The van der Waals surface area contributed by atoms with Crippen LogP contribution in [0.1, 0.15) is 47.3 Å². The summed E-state index contributed by atoms with van der Waals surface area (Å²) in [4.78, 5) is 34.1. The summed E-state index contributed by atoms with van der Waals surface area (Å²) in [7, 11) is 1.49. The molecule has 1 aliphatic heterocycles. The highest BCUT2D eigenvalue weighted by atomic mass is 16.5. The fraction of sp³-hybridized carbons (Fsp3) is 0.435. The van der Waals surface area contributed by atoms with Crippen molar-refractivity contribution in [2.24, 2.45) is 5.92 Å². The molecule has 164 valence electrons. The van der Waals surface area contributed by atoms with Gasteiger partial charge in [-0.25, -0.2) is 4.98 Å². The lowest BCUT2D eigenvalue weighted by Gasteiger charge is -2.23. The van der Waals surface area contributed by atoms with Crippen LogP contribution < -0.4 is 20.9 Å². The molecule has 31 heavy (non-hydrogen) atoms. The van der Waals surface area contributed by atoms with E-state index in [0.717, 1.165) is 16.6 Å². The zero-order chi connectivity index (χ0) is 22.1. The number of hydrogen-bond acceptors (Lipinski definition) is 5. The van der Waals surface area contributed by atoms with Gasteiger partial charge < -0.3 is 24.9 Å². The molecule has 8 nitrogen and oxygen atoms in total. The lowest BCUT2D eigenvalue weighted by Crippen LogP contribution is -2.35. The number of aromatic nitrogens is 3. The summed E-state index contributed by atoms with van der Waals surface area (Å²) in [5.74, 6) is 0.850. The molecule has 1 unspecified atom stereocenters. The van der Waals surface area contributed by atoms with Crippen LogP contribution in [0.5, 0.6) is 5.75 Å². The molecule has 0 aliphatic carbocycles. The molecule has 4 rings (SSSR count). The first kappa shape index (κ1) is 21.1. The van der Waals surface area contributed by atoms with Gasteiger partial charge in [-0.1, -0.05) is 19.9 Å². The smallest absolute Gasteiger partial charge is 0.257 e. The minimum absolute atomic E-state index is 0.100. The number of carbonyl (C=O) groups excluding carboxylic acids is 1. The van der Waals surface area contributed by atoms with Gasteiger partial charge in [-0.15, -0.1) is 0 Å². The third-order valence-corrected chi connectivity index (χ3v) is 5.78. The largest absolute Gasteiger partial charge is 0.496 e. The van der Waals surface area contributed by atoms with E-state index in [2.05, 4.69) is 15.6 Å². The molecule has 0 saturated carbocycles. The maximum atomic E-state index is 13.5. The van der Waals surface area contributed by atoms with E-state index < -0.39 is 0 Å². The van der Waals surface area contributed by atoms with Crippen LogP contribution in [0.3, 0.4) is 0 Å². The second kappa shape index (κ2) is 8.55. The van der Waals surface area contributed by atoms with Gasteiger partial charge in [0.1, 0.15) is 17.1 Å². The zero-order valence-electron chi connectivity index (χ0n) is 18.4. The lowest BCUT2D eigenvalue weighted by molar-refractivity contribution is 0.0918. The molecule has 0 saturated heterocycles. The number of benzene rings is 1. The number of carbonyl (C=O) groups is 1. The summed E-state index contributed by atoms with van der Waals surface area (Å²) in [6, 6.07) is 7.12. The minimum Gasteiger partial charge on any atom is -0.496 e. The van der Waals surface area contributed by atoms with E-state index in [1.54, 1.807) is 4.57 Å². The molecular weight excluding hydrogens is 394 g/mol. The Balaban J connectivity index is 1.73. The van der Waals surface area contributed by atoms with Crippen molar-refractivity contribution in [1.82, 2.24) is 25.2 Å². The highest BCUT2D eigenvalue weighted by molar-refractivity contribution is 5.98. The predicted molar refractivity (Wildman–Crippen MR) is 120 cm³/mol. The SMILES string of the molecule is COc1cc(=O)n2c(c1C(=O)NC(c1nc3ccc(C)cc3[nH]1)C(C)C)CCNCC2. The van der Waals surface area contributed by atoms with Crippen LogP contribution in [-0.2, 0) is 13.0 Å². The van der Waals surface area contributed by atoms with Crippen LogP contribution in [-0.4, -0.2) is 40.6 Å². The molecule has 0 radical (unpaired) electrons. The molecule has 2 aromatic heterocycles. The Hall–Kier alpha value is -3.13. The molecule has 8 heteroatoms. The van der Waals surface area contributed by atoms with Crippen LogP contribution in [0.2, 0.25) is 0 Å². The Morgan fingerprint density at radius 2 is 2.06 bits per heavy atom. The molecule has 3 aromatic rings. The predicted octanol–water partition coefficient (Wildman–Crippen LogP) is 2.31. The van der Waals surface area contributed by atoms with E-state index in [0.29, 0.717) is 48.9 Å². The van der Waals surface area contributed by atoms with E-state index in [4.69, 9.17) is 9.72 Å². The van der Waals surface area contributed by atoms with Gasteiger partial charge in [0.15, 0.2) is 0 Å². The van der Waals surface area contributed by atoms with E-state index in [-0.39, 0.29) is 23.4 Å². The Morgan fingerprint density at radius 1 is 1.26 bits per heavy atom. The van der Waals surface area contributed by atoms with Gasteiger partial charge in [0.25, 0.3) is 11.5 Å². The maximum Gasteiger partial charge on any atom is 0.257 e. The highest BCUT2D eigenvalue weighted by Crippen LogP contribution is 2.26. The molecule has 1 amide bonds. The van der Waals surface area contributed by atoms with Crippen LogP contribution in [0, 0.1) is 12.8 Å². The number of H-pyrrole nitrogens is 1. The van der Waals surface area contributed by atoms with E-state index in [1.807, 2.05) is 39.0 Å². The zero-order valence-corrected chi connectivity index (χ0v) is 18.4. The van der Waals surface area contributed by atoms with Crippen molar-refractivity contribution in [3.05, 3.63) is 57.3 Å². The fourth-order valence-corrected chi connectivity index (χ4v) is 4.16. The topological polar surface area (TPSA) is 101 Å². The molecule has 3 heterocycles. The number of nitrogens with zero attached hydrogens (tertiary/aromatic N) is 2. The number of rotatable bonds is 5. The van der Waals surface area contributed by atoms with Crippen LogP contribution >= 0.6 is 0 Å². The standard InChI is InChI=1S/C23H29N5O3/c1-13(2)21(22-25-15-6-5-14(3)11-16(15)26-22)27-23(30)20-17-7-8-24-9-10-28(17)19(29)12-18(20)31-4/h5-6,11-13,21,24H,7-10H2,1-4H3,(H,25,26)(H,27,30). The second-order valence-corrected chi connectivity index (χ2v) is 8.36. The summed E-state index contributed by atoms with van der Waals surface area (Å²) in [6.45, 7) is 8.03. The Bertz CT molecular complexity index is 1180. The normalized spacial score (nSPS) is 14.9. The van der Waals surface area contributed by atoms with E-state index >= 15 is 0 Å². The summed E-state index contributed by atoms with van der Waals surface area (Å²) in [5, 5.41) is 6.42. The third-order valence-electron chi connectivity index (χ3n) is 5.78. The quantitative estimate of drug-likeness (QED) is 0.585. The Kier molecular flexibility index (Phi) is 5.82. The van der Waals surface area contributed by atoms with Gasteiger partial charge in [-0.3, -0.25) is 9.59 Å². The summed E-state index contributed by atoms with van der Waals surface area (Å²) in [6.07, 6.45) is 0.575. The molecular formula is C23H29N5O3.